The highest BCUT2D eigenvalue weighted by molar-refractivity contribution is 5.67. The lowest BCUT2D eigenvalue weighted by atomic mass is 10.1. The molecule has 0 unspecified atom stereocenters. The van der Waals surface area contributed by atoms with Gasteiger partial charge in [-0.1, -0.05) is 26.0 Å². The minimum absolute atomic E-state index is 0.116. The summed E-state index contributed by atoms with van der Waals surface area (Å²) in [6, 6.07) is 7.44. The van der Waals surface area contributed by atoms with Crippen molar-refractivity contribution in [3.8, 4) is 5.75 Å². The summed E-state index contributed by atoms with van der Waals surface area (Å²) in [7, 11) is 0. The van der Waals surface area contributed by atoms with Gasteiger partial charge in [0.25, 0.3) is 0 Å². The molecular weight excluding hydrogens is 270 g/mol. The molecule has 1 N–H and O–H groups in total. The topological polar surface area (TPSA) is 72.6 Å². The molecule has 0 bridgehead atoms. The van der Waals surface area contributed by atoms with Gasteiger partial charge in [-0.2, -0.15) is 0 Å². The molecule has 112 valence electrons. The Morgan fingerprint density at radius 3 is 2.90 bits per heavy atom. The zero-order valence-corrected chi connectivity index (χ0v) is 12.2. The number of nitrogens with zero attached hydrogens (tertiary/aromatic N) is 1. The molecule has 0 aliphatic rings. The summed E-state index contributed by atoms with van der Waals surface area (Å²) in [5.41, 5.74) is 1.69. The van der Waals surface area contributed by atoms with E-state index in [9.17, 15) is 4.79 Å². The largest absolute Gasteiger partial charge is 0.487 e. The van der Waals surface area contributed by atoms with E-state index < -0.39 is 5.97 Å². The second-order valence-corrected chi connectivity index (χ2v) is 5.16. The van der Waals surface area contributed by atoms with Crippen LogP contribution in [0, 0.1) is 0 Å². The zero-order valence-electron chi connectivity index (χ0n) is 12.2. The standard InChI is InChI=1S/C16H19NO4/c1-11(2)16-17-13(10-21-16)9-20-14-5-3-4-12(8-14)6-7-15(18)19/h3-5,8,10-11H,6-7,9H2,1-2H3,(H,18,19). The Morgan fingerprint density at radius 1 is 1.43 bits per heavy atom. The van der Waals surface area contributed by atoms with Gasteiger partial charge in [-0.3, -0.25) is 4.79 Å². The number of hydrogen-bond acceptors (Lipinski definition) is 4. The molecule has 0 radical (unpaired) electrons. The SMILES string of the molecule is CC(C)c1nc(COc2cccc(CCC(=O)O)c2)co1. The molecule has 0 spiro atoms. The van der Waals surface area contributed by atoms with Crippen LogP contribution in [-0.4, -0.2) is 16.1 Å². The molecule has 0 saturated heterocycles. The van der Waals surface area contributed by atoms with Gasteiger partial charge in [0.05, 0.1) is 0 Å². The third kappa shape index (κ3) is 4.63. The fraction of sp³-hybridized carbons (Fsp3) is 0.375. The summed E-state index contributed by atoms with van der Waals surface area (Å²) in [6.45, 7) is 4.36. The van der Waals surface area contributed by atoms with E-state index >= 15 is 0 Å². The monoisotopic (exact) mass is 289 g/mol. The van der Waals surface area contributed by atoms with Gasteiger partial charge >= 0.3 is 5.97 Å². The molecule has 0 aliphatic carbocycles. The minimum Gasteiger partial charge on any atom is -0.487 e. The Bertz CT molecular complexity index is 604. The molecule has 21 heavy (non-hydrogen) atoms. The van der Waals surface area contributed by atoms with Crippen LogP contribution in [0.2, 0.25) is 0 Å². The van der Waals surface area contributed by atoms with E-state index in [2.05, 4.69) is 4.98 Å². The van der Waals surface area contributed by atoms with Crippen molar-refractivity contribution in [2.45, 2.75) is 39.2 Å². The van der Waals surface area contributed by atoms with Crippen molar-refractivity contribution in [1.82, 2.24) is 4.98 Å². The Hall–Kier alpha value is -2.30. The van der Waals surface area contributed by atoms with Crippen LogP contribution in [0.4, 0.5) is 0 Å². The number of ether oxygens (including phenoxy) is 1. The fourth-order valence-electron chi connectivity index (χ4n) is 1.85. The lowest BCUT2D eigenvalue weighted by molar-refractivity contribution is -0.136. The second-order valence-electron chi connectivity index (χ2n) is 5.16. The van der Waals surface area contributed by atoms with Gasteiger partial charge in [0.15, 0.2) is 5.89 Å². The van der Waals surface area contributed by atoms with Crippen molar-refractivity contribution in [2.24, 2.45) is 0 Å². The van der Waals surface area contributed by atoms with Gasteiger partial charge in [0.2, 0.25) is 0 Å². The van der Waals surface area contributed by atoms with Crippen LogP contribution in [0.3, 0.4) is 0 Å². The Labute approximate surface area is 123 Å². The number of aromatic nitrogens is 1. The highest BCUT2D eigenvalue weighted by Crippen LogP contribution is 2.18. The molecule has 5 heteroatoms. The van der Waals surface area contributed by atoms with E-state index in [1.54, 1.807) is 6.26 Å². The number of carboxylic acid groups (broad SMARTS) is 1. The van der Waals surface area contributed by atoms with Crippen molar-refractivity contribution in [2.75, 3.05) is 0 Å². The normalized spacial score (nSPS) is 10.8. The molecule has 1 aromatic carbocycles. The highest BCUT2D eigenvalue weighted by atomic mass is 16.5. The number of aryl methyl sites for hydroxylation is 1. The molecule has 2 aromatic rings. The van der Waals surface area contributed by atoms with E-state index in [4.69, 9.17) is 14.3 Å². The van der Waals surface area contributed by atoms with Crippen LogP contribution in [-0.2, 0) is 17.8 Å². The highest BCUT2D eigenvalue weighted by Gasteiger charge is 2.08. The number of aliphatic carboxylic acids is 1. The van der Waals surface area contributed by atoms with Gasteiger partial charge in [0, 0.05) is 12.3 Å². The number of benzene rings is 1. The summed E-state index contributed by atoms with van der Waals surface area (Å²) < 4.78 is 11.0. The van der Waals surface area contributed by atoms with E-state index in [1.165, 1.54) is 0 Å². The van der Waals surface area contributed by atoms with Crippen molar-refractivity contribution in [1.29, 1.82) is 0 Å². The van der Waals surface area contributed by atoms with E-state index in [0.29, 0.717) is 24.7 Å². The first-order chi connectivity index (χ1) is 10.0. The quantitative estimate of drug-likeness (QED) is 0.845. The van der Waals surface area contributed by atoms with E-state index in [-0.39, 0.29) is 12.3 Å². The molecule has 0 amide bonds. The average Bonchev–Trinajstić information content (AvgIpc) is 2.92. The molecule has 5 nitrogen and oxygen atoms in total. The molecule has 0 aliphatic heterocycles. The van der Waals surface area contributed by atoms with Gasteiger partial charge < -0.3 is 14.3 Å². The molecule has 0 saturated carbocycles. The first-order valence-electron chi connectivity index (χ1n) is 6.92. The summed E-state index contributed by atoms with van der Waals surface area (Å²) in [6.07, 6.45) is 2.21. The van der Waals surface area contributed by atoms with Crippen LogP contribution in [0.25, 0.3) is 0 Å². The van der Waals surface area contributed by atoms with Crippen molar-refractivity contribution >= 4 is 5.97 Å². The third-order valence-corrected chi connectivity index (χ3v) is 2.98. The summed E-state index contributed by atoms with van der Waals surface area (Å²) >= 11 is 0. The maximum Gasteiger partial charge on any atom is 0.303 e. The molecular formula is C16H19NO4. The van der Waals surface area contributed by atoms with Crippen LogP contribution in [0.1, 0.15) is 43.3 Å². The summed E-state index contributed by atoms with van der Waals surface area (Å²) in [5, 5.41) is 8.69. The van der Waals surface area contributed by atoms with Crippen LogP contribution >= 0.6 is 0 Å². The maximum absolute atomic E-state index is 10.6. The minimum atomic E-state index is -0.801. The fourth-order valence-corrected chi connectivity index (χ4v) is 1.85. The van der Waals surface area contributed by atoms with Gasteiger partial charge in [-0.25, -0.2) is 4.98 Å². The lowest BCUT2D eigenvalue weighted by Gasteiger charge is -2.06. The first kappa shape index (κ1) is 15.1. The smallest absolute Gasteiger partial charge is 0.303 e. The maximum atomic E-state index is 10.6. The predicted molar refractivity (Wildman–Crippen MR) is 77.3 cm³/mol. The number of rotatable bonds is 7. The Kier molecular flexibility index (Phi) is 4.98. The van der Waals surface area contributed by atoms with Gasteiger partial charge in [-0.05, 0) is 24.1 Å². The number of hydrogen-bond donors (Lipinski definition) is 1. The number of carbonyl (C=O) groups is 1. The zero-order chi connectivity index (χ0) is 15.2. The van der Waals surface area contributed by atoms with E-state index in [0.717, 1.165) is 11.3 Å². The Balaban J connectivity index is 1.93. The van der Waals surface area contributed by atoms with E-state index in [1.807, 2.05) is 38.1 Å². The number of carboxylic acids is 1. The molecule has 1 heterocycles. The summed E-state index contributed by atoms with van der Waals surface area (Å²) in [5.74, 6) is 0.846. The molecule has 2 rings (SSSR count). The molecule has 1 aromatic heterocycles. The lowest BCUT2D eigenvalue weighted by Crippen LogP contribution is -1.99. The summed E-state index contributed by atoms with van der Waals surface area (Å²) in [4.78, 5) is 14.9. The van der Waals surface area contributed by atoms with Gasteiger partial charge in [-0.15, -0.1) is 0 Å². The van der Waals surface area contributed by atoms with Crippen LogP contribution in [0.15, 0.2) is 34.9 Å². The average molecular weight is 289 g/mol. The van der Waals surface area contributed by atoms with Gasteiger partial charge in [0.1, 0.15) is 24.3 Å². The number of oxazole rings is 1. The van der Waals surface area contributed by atoms with Crippen molar-refractivity contribution in [3.63, 3.8) is 0 Å². The molecule has 0 atom stereocenters. The predicted octanol–water partition coefficient (Wildman–Crippen LogP) is 3.39. The van der Waals surface area contributed by atoms with Crippen LogP contribution < -0.4 is 4.74 Å². The molecule has 0 fully saturated rings. The Morgan fingerprint density at radius 2 is 2.24 bits per heavy atom. The van der Waals surface area contributed by atoms with Crippen LogP contribution in [0.5, 0.6) is 5.75 Å². The van der Waals surface area contributed by atoms with Crippen molar-refractivity contribution in [3.05, 3.63) is 47.7 Å². The van der Waals surface area contributed by atoms with Crippen molar-refractivity contribution < 1.29 is 19.1 Å². The third-order valence-electron chi connectivity index (χ3n) is 2.98. The second kappa shape index (κ2) is 6.92. The first-order valence-corrected chi connectivity index (χ1v) is 6.92.